The first kappa shape index (κ1) is 14.2. The van der Waals surface area contributed by atoms with Crippen LogP contribution in [0.5, 0.6) is 0 Å². The van der Waals surface area contributed by atoms with Gasteiger partial charge in [0, 0.05) is 15.4 Å². The lowest BCUT2D eigenvalue weighted by Gasteiger charge is -2.05. The van der Waals surface area contributed by atoms with Crippen LogP contribution in [0, 0.1) is 0 Å². The number of benzene rings is 3. The van der Waals surface area contributed by atoms with Gasteiger partial charge in [0.2, 0.25) is 0 Å². The van der Waals surface area contributed by atoms with E-state index in [4.69, 9.17) is 0 Å². The molecule has 2 heteroatoms. The van der Waals surface area contributed by atoms with E-state index in [1.54, 1.807) is 0 Å². The third-order valence-corrected chi connectivity index (χ3v) is 6.92. The number of allylic oxidation sites excluding steroid dienone is 1. The standard InChI is InChI=1S/C22H14S2/c1-2-8-15(9-3-1)20-14-21(24-23-20)22-18-12-6-4-10-16(18)17-11-5-7-13-19(17)22/h1-14H. The van der Waals surface area contributed by atoms with Crippen LogP contribution in [0.15, 0.2) is 89.8 Å². The van der Waals surface area contributed by atoms with Crippen molar-refractivity contribution in [2.24, 2.45) is 0 Å². The van der Waals surface area contributed by atoms with Gasteiger partial charge >= 0.3 is 0 Å². The van der Waals surface area contributed by atoms with Crippen molar-refractivity contribution in [3.05, 3.63) is 107 Å². The van der Waals surface area contributed by atoms with Crippen molar-refractivity contribution in [1.29, 1.82) is 0 Å². The molecule has 0 atom stereocenters. The van der Waals surface area contributed by atoms with Gasteiger partial charge in [-0.05, 0) is 33.9 Å². The lowest BCUT2D eigenvalue weighted by atomic mass is 10.0. The fraction of sp³-hybridized carbons (Fsp3) is 0. The quantitative estimate of drug-likeness (QED) is 0.346. The van der Waals surface area contributed by atoms with Crippen LogP contribution in [0.4, 0.5) is 0 Å². The molecule has 5 rings (SSSR count). The molecule has 0 bridgehead atoms. The molecule has 0 unspecified atom stereocenters. The highest BCUT2D eigenvalue weighted by molar-refractivity contribution is 8.82. The molecule has 24 heavy (non-hydrogen) atoms. The number of hydrogen-bond donors (Lipinski definition) is 0. The molecule has 1 aliphatic carbocycles. The van der Waals surface area contributed by atoms with Crippen molar-refractivity contribution in [1.82, 2.24) is 0 Å². The maximum absolute atomic E-state index is 2.35. The van der Waals surface area contributed by atoms with E-state index in [9.17, 15) is 0 Å². The van der Waals surface area contributed by atoms with Gasteiger partial charge in [-0.15, -0.1) is 0 Å². The monoisotopic (exact) mass is 342 g/mol. The maximum Gasteiger partial charge on any atom is 0.0282 e. The van der Waals surface area contributed by atoms with E-state index < -0.39 is 0 Å². The average molecular weight is 342 g/mol. The fourth-order valence-corrected chi connectivity index (χ4v) is 5.87. The van der Waals surface area contributed by atoms with Crippen molar-refractivity contribution >= 4 is 32.1 Å². The van der Waals surface area contributed by atoms with E-state index in [0.717, 1.165) is 0 Å². The normalized spacial score (nSPS) is 15.2. The van der Waals surface area contributed by atoms with E-state index in [0.29, 0.717) is 0 Å². The van der Waals surface area contributed by atoms with E-state index in [1.807, 2.05) is 21.6 Å². The molecule has 0 nitrogen and oxygen atoms in total. The molecule has 2 aliphatic rings. The van der Waals surface area contributed by atoms with Gasteiger partial charge in [0.15, 0.2) is 0 Å². The summed E-state index contributed by atoms with van der Waals surface area (Å²) in [5, 5.41) is 0. The Bertz CT molecular complexity index is 950. The topological polar surface area (TPSA) is 0 Å². The Kier molecular flexibility index (Phi) is 3.39. The van der Waals surface area contributed by atoms with Gasteiger partial charge < -0.3 is 0 Å². The Hall–Kier alpha value is -2.16. The summed E-state index contributed by atoms with van der Waals surface area (Å²) in [5.41, 5.74) is 8.08. The molecular formula is C22H14S2. The van der Waals surface area contributed by atoms with Gasteiger partial charge in [0.05, 0.1) is 0 Å². The fourth-order valence-electron chi connectivity index (χ4n) is 3.39. The minimum atomic E-state index is 1.30. The second kappa shape index (κ2) is 5.73. The van der Waals surface area contributed by atoms with Gasteiger partial charge in [-0.3, -0.25) is 0 Å². The Morgan fingerprint density at radius 1 is 0.500 bits per heavy atom. The predicted molar refractivity (Wildman–Crippen MR) is 108 cm³/mol. The molecule has 3 aromatic carbocycles. The Morgan fingerprint density at radius 2 is 1.04 bits per heavy atom. The van der Waals surface area contributed by atoms with Gasteiger partial charge in [-0.1, -0.05) is 100 Å². The van der Waals surface area contributed by atoms with Gasteiger partial charge in [-0.25, -0.2) is 0 Å². The van der Waals surface area contributed by atoms with Crippen LogP contribution >= 0.6 is 21.6 Å². The van der Waals surface area contributed by atoms with Gasteiger partial charge in [0.25, 0.3) is 0 Å². The van der Waals surface area contributed by atoms with Crippen LogP contribution in [0.3, 0.4) is 0 Å². The van der Waals surface area contributed by atoms with Crippen LogP contribution in [-0.2, 0) is 0 Å². The average Bonchev–Trinajstić information content (AvgIpc) is 3.25. The summed E-state index contributed by atoms with van der Waals surface area (Å²) in [7, 11) is 3.73. The SMILES string of the molecule is C1=C(c2ccccc2)SSC1=C1c2ccccc2-c2ccccc21. The number of fused-ring (bicyclic) bond motifs is 3. The first-order chi connectivity index (χ1) is 11.9. The maximum atomic E-state index is 2.35. The summed E-state index contributed by atoms with van der Waals surface area (Å²) < 4.78 is 0. The number of hydrogen-bond acceptors (Lipinski definition) is 2. The van der Waals surface area contributed by atoms with Crippen LogP contribution in [0.25, 0.3) is 21.6 Å². The molecule has 1 aliphatic heterocycles. The Labute approximate surface area is 149 Å². The van der Waals surface area contributed by atoms with Crippen molar-refractivity contribution in [3.8, 4) is 11.1 Å². The zero-order valence-corrected chi connectivity index (χ0v) is 14.5. The first-order valence-corrected chi connectivity index (χ1v) is 10.1. The molecule has 0 amide bonds. The zero-order valence-electron chi connectivity index (χ0n) is 12.9. The van der Waals surface area contributed by atoms with E-state index in [2.05, 4.69) is 84.9 Å². The highest BCUT2D eigenvalue weighted by Gasteiger charge is 2.27. The third kappa shape index (κ3) is 2.18. The first-order valence-electron chi connectivity index (χ1n) is 7.97. The highest BCUT2D eigenvalue weighted by Crippen LogP contribution is 2.55. The summed E-state index contributed by atoms with van der Waals surface area (Å²) in [6.07, 6.45) is 2.35. The molecule has 3 aromatic rings. The number of rotatable bonds is 1. The second-order valence-electron chi connectivity index (χ2n) is 5.87. The molecule has 0 saturated carbocycles. The van der Waals surface area contributed by atoms with Crippen molar-refractivity contribution in [2.75, 3.05) is 0 Å². The highest BCUT2D eigenvalue weighted by atomic mass is 33.1. The predicted octanol–water partition coefficient (Wildman–Crippen LogP) is 6.86. The summed E-state index contributed by atoms with van der Waals surface area (Å²) in [4.78, 5) is 2.70. The summed E-state index contributed by atoms with van der Waals surface area (Å²) >= 11 is 0. The van der Waals surface area contributed by atoms with E-state index >= 15 is 0 Å². The Balaban J connectivity index is 1.72. The molecule has 0 radical (unpaired) electrons. The van der Waals surface area contributed by atoms with Crippen LogP contribution in [-0.4, -0.2) is 0 Å². The zero-order chi connectivity index (χ0) is 15.9. The minimum Gasteiger partial charge on any atom is -0.0622 e. The smallest absolute Gasteiger partial charge is 0.0282 e. The molecule has 0 fully saturated rings. The largest absolute Gasteiger partial charge is 0.0622 e. The van der Waals surface area contributed by atoms with Crippen molar-refractivity contribution < 1.29 is 0 Å². The third-order valence-electron chi connectivity index (χ3n) is 4.47. The van der Waals surface area contributed by atoms with Crippen LogP contribution in [0.2, 0.25) is 0 Å². The van der Waals surface area contributed by atoms with E-state index in [-0.39, 0.29) is 0 Å². The van der Waals surface area contributed by atoms with Gasteiger partial charge in [0.1, 0.15) is 0 Å². The molecule has 1 heterocycles. The van der Waals surface area contributed by atoms with Crippen LogP contribution in [0.1, 0.15) is 16.7 Å². The summed E-state index contributed by atoms with van der Waals surface area (Å²) in [6.45, 7) is 0. The molecule has 0 aromatic heterocycles. The lowest BCUT2D eigenvalue weighted by molar-refractivity contribution is 1.64. The Morgan fingerprint density at radius 3 is 1.67 bits per heavy atom. The molecular weight excluding hydrogens is 328 g/mol. The van der Waals surface area contributed by atoms with E-state index in [1.165, 1.54) is 43.2 Å². The molecule has 0 spiro atoms. The van der Waals surface area contributed by atoms with Crippen molar-refractivity contribution in [3.63, 3.8) is 0 Å². The summed E-state index contributed by atoms with van der Waals surface area (Å²) in [6, 6.07) is 28.1. The van der Waals surface area contributed by atoms with Crippen LogP contribution < -0.4 is 0 Å². The molecule has 0 N–H and O–H groups in total. The lowest BCUT2D eigenvalue weighted by Crippen LogP contribution is -1.83. The van der Waals surface area contributed by atoms with Gasteiger partial charge in [-0.2, -0.15) is 0 Å². The molecule has 114 valence electrons. The summed E-state index contributed by atoms with van der Waals surface area (Å²) in [5.74, 6) is 0. The minimum absolute atomic E-state index is 1.30. The second-order valence-corrected chi connectivity index (χ2v) is 8.08. The van der Waals surface area contributed by atoms with Crippen molar-refractivity contribution in [2.45, 2.75) is 0 Å². The molecule has 0 saturated heterocycles.